The van der Waals surface area contributed by atoms with Crippen molar-refractivity contribution in [3.8, 4) is 0 Å². The van der Waals surface area contributed by atoms with E-state index in [4.69, 9.17) is 10.3 Å². The second-order valence-electron chi connectivity index (χ2n) is 6.23. The summed E-state index contributed by atoms with van der Waals surface area (Å²) in [5.41, 5.74) is 3.86. The van der Waals surface area contributed by atoms with Crippen LogP contribution in [0.15, 0.2) is 22.2 Å². The lowest BCUT2D eigenvalue weighted by atomic mass is 10.1. The molecule has 10 nitrogen and oxygen atoms in total. The fraction of sp³-hybridized carbons (Fsp3) is 0.714. The van der Waals surface area contributed by atoms with Crippen LogP contribution in [0.5, 0.6) is 0 Å². The second kappa shape index (κ2) is 6.96. The third-order valence-electron chi connectivity index (χ3n) is 4.62. The Bertz CT molecular complexity index is 732. The van der Waals surface area contributed by atoms with Crippen molar-refractivity contribution >= 4 is 5.82 Å². The molecule has 2 aliphatic rings. The maximum atomic E-state index is 14.4. The number of nitrogens with zero attached hydrogens (tertiary/aromatic N) is 4. The first kappa shape index (κ1) is 17.6. The largest absolute Gasteiger partial charge is 0.391 e. The third kappa shape index (κ3) is 3.19. The summed E-state index contributed by atoms with van der Waals surface area (Å²) in [6.45, 7) is -0.892. The van der Waals surface area contributed by atoms with Gasteiger partial charge in [0.25, 0.3) is 5.72 Å². The molecule has 0 radical (unpaired) electrons. The van der Waals surface area contributed by atoms with E-state index in [0.29, 0.717) is 5.82 Å². The average molecular weight is 355 g/mol. The van der Waals surface area contributed by atoms with Gasteiger partial charge < -0.3 is 20.3 Å². The highest BCUT2D eigenvalue weighted by Crippen LogP contribution is 2.39. The van der Waals surface area contributed by atoms with Crippen LogP contribution in [-0.2, 0) is 4.74 Å². The number of aromatic nitrogens is 2. The van der Waals surface area contributed by atoms with Crippen LogP contribution in [0.4, 0.5) is 10.2 Å². The number of aliphatic hydroxyl groups is 2. The van der Waals surface area contributed by atoms with Gasteiger partial charge in [0.15, 0.2) is 17.5 Å². The first-order valence-electron chi connectivity index (χ1n) is 8.06. The molecule has 2 fully saturated rings. The Morgan fingerprint density at radius 2 is 2.28 bits per heavy atom. The van der Waals surface area contributed by atoms with Crippen molar-refractivity contribution in [1.82, 2.24) is 14.5 Å². The van der Waals surface area contributed by atoms with Crippen molar-refractivity contribution in [2.45, 2.75) is 56.0 Å². The van der Waals surface area contributed by atoms with Crippen molar-refractivity contribution in [2.24, 2.45) is 5.11 Å². The Labute approximate surface area is 141 Å². The van der Waals surface area contributed by atoms with E-state index in [2.05, 4.69) is 20.3 Å². The van der Waals surface area contributed by atoms with Crippen LogP contribution in [0.2, 0.25) is 0 Å². The number of nitrogens with one attached hydrogen (secondary N) is 2. The first-order chi connectivity index (χ1) is 12.0. The summed E-state index contributed by atoms with van der Waals surface area (Å²) in [6.07, 6.45) is 0.110. The van der Waals surface area contributed by atoms with Gasteiger partial charge in [-0.15, -0.1) is 0 Å². The van der Waals surface area contributed by atoms with Crippen LogP contribution >= 0.6 is 0 Å². The second-order valence-corrected chi connectivity index (χ2v) is 6.23. The van der Waals surface area contributed by atoms with Gasteiger partial charge in [-0.1, -0.05) is 12.8 Å². The summed E-state index contributed by atoms with van der Waals surface area (Å²) in [7, 11) is 0. The van der Waals surface area contributed by atoms with Crippen molar-refractivity contribution in [3.63, 3.8) is 0 Å². The molecule has 0 aromatic carbocycles. The Morgan fingerprint density at radius 1 is 1.56 bits per heavy atom. The molecule has 4 N–H and O–H groups in total. The Morgan fingerprint density at radius 3 is 2.88 bits per heavy atom. The van der Waals surface area contributed by atoms with E-state index in [-0.39, 0.29) is 6.04 Å². The Hall–Kier alpha value is -2.20. The zero-order chi connectivity index (χ0) is 18.0. The van der Waals surface area contributed by atoms with E-state index in [9.17, 15) is 19.4 Å². The fourth-order valence-electron chi connectivity index (χ4n) is 3.25. The lowest BCUT2D eigenvalue weighted by Crippen LogP contribution is -2.43. The molecule has 0 amide bonds. The highest BCUT2D eigenvalue weighted by molar-refractivity contribution is 5.33. The number of hydrogen-bond acceptors (Lipinski definition) is 8. The topological polar surface area (TPSA) is 147 Å². The van der Waals surface area contributed by atoms with E-state index < -0.39 is 36.5 Å². The van der Waals surface area contributed by atoms with Gasteiger partial charge >= 0.3 is 5.69 Å². The van der Waals surface area contributed by atoms with Crippen molar-refractivity contribution < 1.29 is 19.3 Å². The van der Waals surface area contributed by atoms with Gasteiger partial charge in [0.05, 0.1) is 0 Å². The predicted octanol–water partition coefficient (Wildman–Crippen LogP) is 0.0646. The summed E-state index contributed by atoms with van der Waals surface area (Å²) < 4.78 is 20.6. The average Bonchev–Trinajstić information content (AvgIpc) is 3.18. The molecule has 136 valence electrons. The number of alkyl halides is 1. The van der Waals surface area contributed by atoms with Crippen LogP contribution in [-0.4, -0.2) is 50.4 Å². The molecule has 4 atom stereocenters. The molecule has 1 aromatic heterocycles. The molecule has 1 aromatic rings. The van der Waals surface area contributed by atoms with Gasteiger partial charge in [-0.25, -0.2) is 9.18 Å². The molecule has 1 aliphatic heterocycles. The number of anilines is 1. The molecule has 3 rings (SSSR count). The number of rotatable bonds is 5. The summed E-state index contributed by atoms with van der Waals surface area (Å²) in [5, 5.41) is 25.8. The zero-order valence-electron chi connectivity index (χ0n) is 13.4. The standard InChI is InChI=1S/C14H19FN6O4/c15-10-11(23)14(7-22,19-20-16)25-12(10)21-6-5-9(18-13(21)24)17-8-3-1-2-4-8/h5-6,8,10-12,16,22-23H,1-4,7H2/p+1/t10-,11-,12+,14+/m0/s1. The minimum absolute atomic E-state index is 0.265. The molecule has 0 bridgehead atoms. The molecular formula is C14H20FN6O4+. The smallest absolute Gasteiger partial charge is 0.351 e. The normalized spacial score (nSPS) is 32.5. The van der Waals surface area contributed by atoms with Gasteiger partial charge in [0.2, 0.25) is 4.91 Å². The van der Waals surface area contributed by atoms with Crippen LogP contribution < -0.4 is 15.9 Å². The van der Waals surface area contributed by atoms with Gasteiger partial charge in [-0.2, -0.15) is 4.98 Å². The Kier molecular flexibility index (Phi) is 4.91. The fourth-order valence-corrected chi connectivity index (χ4v) is 3.25. The summed E-state index contributed by atoms with van der Waals surface area (Å²) in [4.78, 5) is 18.8. The van der Waals surface area contributed by atoms with Crippen molar-refractivity contribution in [2.75, 3.05) is 11.9 Å². The predicted molar refractivity (Wildman–Crippen MR) is 82.5 cm³/mol. The first-order valence-corrected chi connectivity index (χ1v) is 8.06. The van der Waals surface area contributed by atoms with Gasteiger partial charge in [-0.3, -0.25) is 4.57 Å². The van der Waals surface area contributed by atoms with Crippen molar-refractivity contribution in [3.05, 3.63) is 22.7 Å². The molecule has 0 spiro atoms. The SMILES string of the molecule is N=[N+]=N[C@]1(CO)O[C@@H](n2ccc(NC3CCCC3)nc2=O)[C@@H](F)[C@@H]1O. The number of hydrogen-bond donors (Lipinski definition) is 4. The third-order valence-corrected chi connectivity index (χ3v) is 4.62. The van der Waals surface area contributed by atoms with Crippen LogP contribution in [0.25, 0.3) is 0 Å². The van der Waals surface area contributed by atoms with E-state index in [0.717, 1.165) is 30.3 Å². The lowest BCUT2D eigenvalue weighted by molar-refractivity contribution is -0.128. The molecule has 1 saturated heterocycles. The maximum absolute atomic E-state index is 14.4. The maximum Gasteiger partial charge on any atom is 0.351 e. The monoisotopic (exact) mass is 355 g/mol. The van der Waals surface area contributed by atoms with E-state index in [1.54, 1.807) is 0 Å². The van der Waals surface area contributed by atoms with Crippen molar-refractivity contribution in [1.29, 1.82) is 5.53 Å². The van der Waals surface area contributed by atoms with Crippen LogP contribution in [0.3, 0.4) is 0 Å². The lowest BCUT2D eigenvalue weighted by Gasteiger charge is -2.18. The van der Waals surface area contributed by atoms with Gasteiger partial charge in [-0.05, 0) is 18.9 Å². The van der Waals surface area contributed by atoms with Crippen LogP contribution in [0, 0.1) is 5.53 Å². The summed E-state index contributed by atoms with van der Waals surface area (Å²) in [6, 6.07) is 1.79. The highest BCUT2D eigenvalue weighted by atomic mass is 19.1. The van der Waals surface area contributed by atoms with Gasteiger partial charge in [0.1, 0.15) is 24.1 Å². The van der Waals surface area contributed by atoms with Gasteiger partial charge in [0, 0.05) is 12.2 Å². The summed E-state index contributed by atoms with van der Waals surface area (Å²) in [5.74, 6) is 0.390. The van der Waals surface area contributed by atoms with E-state index >= 15 is 0 Å². The molecule has 1 aliphatic carbocycles. The summed E-state index contributed by atoms with van der Waals surface area (Å²) >= 11 is 0. The molecule has 11 heteroatoms. The molecule has 1 saturated carbocycles. The van der Waals surface area contributed by atoms with E-state index in [1.807, 2.05) is 0 Å². The highest BCUT2D eigenvalue weighted by Gasteiger charge is 2.60. The van der Waals surface area contributed by atoms with Crippen LogP contribution in [0.1, 0.15) is 31.9 Å². The zero-order valence-corrected chi connectivity index (χ0v) is 13.4. The number of halogens is 1. The minimum Gasteiger partial charge on any atom is -0.391 e. The minimum atomic E-state index is -2.12. The molecule has 2 heterocycles. The molecular weight excluding hydrogens is 335 g/mol. The number of aliphatic hydroxyl groups excluding tert-OH is 2. The Balaban J connectivity index is 1.84. The van der Waals surface area contributed by atoms with E-state index in [1.165, 1.54) is 12.3 Å². The molecule has 25 heavy (non-hydrogen) atoms. The quantitative estimate of drug-likeness (QED) is 0.434. The molecule has 0 unspecified atom stereocenters. The number of ether oxygens (including phenoxy) is 1.